The van der Waals surface area contributed by atoms with Gasteiger partial charge in [0.1, 0.15) is 16.7 Å². The molecule has 0 fully saturated rings. The van der Waals surface area contributed by atoms with Gasteiger partial charge in [0.15, 0.2) is 5.58 Å². The van der Waals surface area contributed by atoms with Crippen LogP contribution in [-0.4, -0.2) is 9.55 Å². The number of aromatic nitrogens is 2. The van der Waals surface area contributed by atoms with Crippen molar-refractivity contribution in [1.29, 1.82) is 0 Å². The number of benzene rings is 8. The van der Waals surface area contributed by atoms with Crippen molar-refractivity contribution in [1.82, 2.24) is 9.55 Å². The fraction of sp³-hybridized carbons (Fsp3) is 0. The molecule has 228 valence electrons. The van der Waals surface area contributed by atoms with Crippen molar-refractivity contribution in [2.24, 2.45) is 0 Å². The Balaban J connectivity index is 1.06. The predicted molar refractivity (Wildman–Crippen MR) is 202 cm³/mol. The summed E-state index contributed by atoms with van der Waals surface area (Å²) in [7, 11) is 0. The number of fused-ring (bicyclic) bond motifs is 10. The zero-order chi connectivity index (χ0) is 32.1. The van der Waals surface area contributed by atoms with Crippen LogP contribution in [0.15, 0.2) is 167 Å². The van der Waals surface area contributed by atoms with Crippen LogP contribution >= 0.6 is 0 Å². The van der Waals surface area contributed by atoms with E-state index in [9.17, 15) is 0 Å². The van der Waals surface area contributed by atoms with Gasteiger partial charge in [-0.2, -0.15) is 0 Å². The normalized spacial score (nSPS) is 12.1. The van der Waals surface area contributed by atoms with Crippen molar-refractivity contribution in [3.63, 3.8) is 0 Å². The molecule has 0 bridgehead atoms. The van der Waals surface area contributed by atoms with E-state index < -0.39 is 0 Å². The molecule has 0 saturated carbocycles. The van der Waals surface area contributed by atoms with Crippen molar-refractivity contribution >= 4 is 76.4 Å². The minimum Gasteiger partial charge on any atom is -0.456 e. The summed E-state index contributed by atoms with van der Waals surface area (Å²) in [5, 5.41) is 9.42. The molecular formula is C45H26N2O2. The Bertz CT molecular complexity index is 3100. The van der Waals surface area contributed by atoms with Gasteiger partial charge in [0, 0.05) is 27.4 Å². The van der Waals surface area contributed by atoms with Crippen LogP contribution in [-0.2, 0) is 0 Å². The highest BCUT2D eigenvalue weighted by molar-refractivity contribution is 6.17. The monoisotopic (exact) mass is 626 g/mol. The Morgan fingerprint density at radius 1 is 0.429 bits per heavy atom. The average molecular weight is 627 g/mol. The van der Waals surface area contributed by atoms with E-state index in [4.69, 9.17) is 13.8 Å². The summed E-state index contributed by atoms with van der Waals surface area (Å²) in [6, 6.07) is 55.9. The standard InChI is InChI=1S/C45H26N2O2/c1-2-8-30-23-34(19-17-27(30)7-1)47-39-26-33(18-20-35(39)37-24-31-9-3-4-10-32(31)25-40(37)47)28-13-15-29(16-14-28)45-46-38-21-22-42-43(44(38)49-45)36-11-5-6-12-41(36)48-42/h1-26H. The summed E-state index contributed by atoms with van der Waals surface area (Å²) < 4.78 is 14.9. The van der Waals surface area contributed by atoms with Gasteiger partial charge in [-0.1, -0.05) is 97.1 Å². The van der Waals surface area contributed by atoms with Gasteiger partial charge in [-0.25, -0.2) is 4.98 Å². The molecule has 0 aliphatic carbocycles. The Morgan fingerprint density at radius 3 is 1.98 bits per heavy atom. The minimum atomic E-state index is 0.596. The molecule has 0 aliphatic rings. The second-order valence-electron chi connectivity index (χ2n) is 12.8. The number of furan rings is 1. The zero-order valence-corrected chi connectivity index (χ0v) is 26.2. The van der Waals surface area contributed by atoms with Crippen LogP contribution in [0, 0.1) is 0 Å². The fourth-order valence-corrected chi connectivity index (χ4v) is 7.60. The highest BCUT2D eigenvalue weighted by atomic mass is 16.4. The molecule has 0 N–H and O–H groups in total. The van der Waals surface area contributed by atoms with Crippen molar-refractivity contribution < 1.29 is 8.83 Å². The number of para-hydroxylation sites is 1. The summed E-state index contributed by atoms with van der Waals surface area (Å²) in [5.74, 6) is 0.596. The number of oxazole rings is 1. The largest absolute Gasteiger partial charge is 0.456 e. The average Bonchev–Trinajstić information content (AvgIpc) is 3.85. The molecule has 11 rings (SSSR count). The maximum absolute atomic E-state index is 6.42. The highest BCUT2D eigenvalue weighted by Gasteiger charge is 2.18. The van der Waals surface area contributed by atoms with Crippen LogP contribution in [0.3, 0.4) is 0 Å². The third-order valence-corrected chi connectivity index (χ3v) is 9.99. The molecule has 0 radical (unpaired) electrons. The van der Waals surface area contributed by atoms with Crippen LogP contribution in [0.4, 0.5) is 0 Å². The van der Waals surface area contributed by atoms with E-state index >= 15 is 0 Å². The SMILES string of the molecule is c1ccc2cc(-n3c4cc(-c5ccc(-c6nc7ccc8oc9ccccc9c8c7o6)cc5)ccc4c4cc5ccccc5cc43)ccc2c1. The van der Waals surface area contributed by atoms with E-state index in [1.165, 1.54) is 43.4 Å². The van der Waals surface area contributed by atoms with Gasteiger partial charge in [-0.05, 0) is 93.3 Å². The van der Waals surface area contributed by atoms with Gasteiger partial charge < -0.3 is 13.4 Å². The summed E-state index contributed by atoms with van der Waals surface area (Å²) >= 11 is 0. The smallest absolute Gasteiger partial charge is 0.227 e. The maximum Gasteiger partial charge on any atom is 0.227 e. The third-order valence-electron chi connectivity index (χ3n) is 9.99. The van der Waals surface area contributed by atoms with Crippen molar-refractivity contribution in [3.05, 3.63) is 158 Å². The van der Waals surface area contributed by atoms with E-state index in [0.29, 0.717) is 5.89 Å². The van der Waals surface area contributed by atoms with Gasteiger partial charge in [-0.3, -0.25) is 0 Å². The van der Waals surface area contributed by atoms with Gasteiger partial charge >= 0.3 is 0 Å². The lowest BCUT2D eigenvalue weighted by molar-refractivity contribution is 0.622. The number of hydrogen-bond donors (Lipinski definition) is 0. The summed E-state index contributed by atoms with van der Waals surface area (Å²) in [5.41, 5.74) is 9.95. The molecule has 0 atom stereocenters. The van der Waals surface area contributed by atoms with Gasteiger partial charge in [0.05, 0.1) is 16.4 Å². The molecule has 0 amide bonds. The zero-order valence-electron chi connectivity index (χ0n) is 26.2. The molecule has 11 aromatic rings. The number of rotatable bonds is 3. The van der Waals surface area contributed by atoms with Crippen molar-refractivity contribution in [2.45, 2.75) is 0 Å². The van der Waals surface area contributed by atoms with E-state index in [1.54, 1.807) is 0 Å². The molecule has 8 aromatic carbocycles. The highest BCUT2D eigenvalue weighted by Crippen LogP contribution is 2.39. The molecule has 3 heterocycles. The fourth-order valence-electron chi connectivity index (χ4n) is 7.60. The molecule has 0 aliphatic heterocycles. The van der Waals surface area contributed by atoms with Crippen LogP contribution in [0.1, 0.15) is 0 Å². The van der Waals surface area contributed by atoms with Gasteiger partial charge in [0.25, 0.3) is 0 Å². The van der Waals surface area contributed by atoms with Gasteiger partial charge in [0.2, 0.25) is 5.89 Å². The first kappa shape index (κ1) is 26.4. The van der Waals surface area contributed by atoms with Crippen molar-refractivity contribution in [2.75, 3.05) is 0 Å². The lowest BCUT2D eigenvalue weighted by Crippen LogP contribution is -1.94. The molecule has 0 unspecified atom stereocenters. The van der Waals surface area contributed by atoms with Crippen LogP contribution in [0.25, 0.3) is 105 Å². The van der Waals surface area contributed by atoms with E-state index in [-0.39, 0.29) is 0 Å². The van der Waals surface area contributed by atoms with Crippen LogP contribution in [0.5, 0.6) is 0 Å². The lowest BCUT2D eigenvalue weighted by atomic mass is 10.0. The summed E-state index contributed by atoms with van der Waals surface area (Å²) in [4.78, 5) is 4.87. The van der Waals surface area contributed by atoms with Crippen LogP contribution < -0.4 is 0 Å². The topological polar surface area (TPSA) is 44.1 Å². The number of hydrogen-bond acceptors (Lipinski definition) is 3. The Morgan fingerprint density at radius 2 is 1.12 bits per heavy atom. The first-order valence-corrected chi connectivity index (χ1v) is 16.5. The van der Waals surface area contributed by atoms with E-state index in [0.717, 1.165) is 55.4 Å². The summed E-state index contributed by atoms with van der Waals surface area (Å²) in [6.45, 7) is 0. The number of nitrogens with zero attached hydrogens (tertiary/aromatic N) is 2. The third kappa shape index (κ3) is 3.95. The molecule has 49 heavy (non-hydrogen) atoms. The van der Waals surface area contributed by atoms with Crippen LogP contribution in [0.2, 0.25) is 0 Å². The first-order valence-electron chi connectivity index (χ1n) is 16.5. The molecule has 0 saturated heterocycles. The summed E-state index contributed by atoms with van der Waals surface area (Å²) in [6.07, 6.45) is 0. The van der Waals surface area contributed by atoms with E-state index in [1.807, 2.05) is 30.3 Å². The molecule has 4 heteroatoms. The second-order valence-corrected chi connectivity index (χ2v) is 12.8. The first-order chi connectivity index (χ1) is 24.2. The molecule has 4 nitrogen and oxygen atoms in total. The predicted octanol–water partition coefficient (Wildman–Crippen LogP) is 12.5. The maximum atomic E-state index is 6.42. The molecular weight excluding hydrogens is 601 g/mol. The minimum absolute atomic E-state index is 0.596. The molecule has 3 aromatic heterocycles. The molecule has 0 spiro atoms. The Kier molecular flexibility index (Phi) is 5.35. The Labute approximate surface area is 280 Å². The van der Waals surface area contributed by atoms with Crippen molar-refractivity contribution in [3.8, 4) is 28.3 Å². The quantitative estimate of drug-likeness (QED) is 0.196. The lowest BCUT2D eigenvalue weighted by Gasteiger charge is -2.11. The van der Waals surface area contributed by atoms with E-state index in [2.05, 4.69) is 132 Å². The van der Waals surface area contributed by atoms with Gasteiger partial charge in [-0.15, -0.1) is 0 Å². The second kappa shape index (κ2) is 9.93. The Hall–Kier alpha value is -6.65.